The van der Waals surface area contributed by atoms with Crippen LogP contribution >= 0.6 is 11.8 Å². The van der Waals surface area contributed by atoms with E-state index in [1.54, 1.807) is 0 Å². The first-order valence-corrected chi connectivity index (χ1v) is 7.82. The number of nitrogens with two attached hydrogens (primary N) is 1. The van der Waals surface area contributed by atoms with Crippen LogP contribution in [0.15, 0.2) is 0 Å². The molecular weight excluding hydrogens is 230 g/mol. The zero-order chi connectivity index (χ0) is 12.9. The molecule has 0 aromatic heterocycles. The van der Waals surface area contributed by atoms with Crippen molar-refractivity contribution in [2.45, 2.75) is 64.5 Å². The Hall–Kier alpha value is 0.270. The SMILES string of the molecule is CC1(C)CC(C)(C)CC(O)(C2(N)CCSC2)C1. The van der Waals surface area contributed by atoms with Gasteiger partial charge in [-0.2, -0.15) is 11.8 Å². The van der Waals surface area contributed by atoms with Crippen LogP contribution in [0.3, 0.4) is 0 Å². The average molecular weight is 257 g/mol. The van der Waals surface area contributed by atoms with E-state index in [-0.39, 0.29) is 16.4 Å². The van der Waals surface area contributed by atoms with Crippen molar-refractivity contribution in [3.05, 3.63) is 0 Å². The first-order valence-electron chi connectivity index (χ1n) is 6.67. The van der Waals surface area contributed by atoms with E-state index in [0.29, 0.717) is 0 Å². The molecule has 0 amide bonds. The molecular formula is C14H27NOS. The van der Waals surface area contributed by atoms with Gasteiger partial charge in [0, 0.05) is 5.75 Å². The normalized spacial score (nSPS) is 39.2. The summed E-state index contributed by atoms with van der Waals surface area (Å²) in [7, 11) is 0. The molecule has 3 heteroatoms. The van der Waals surface area contributed by atoms with E-state index in [1.165, 1.54) is 6.42 Å². The number of hydrogen-bond acceptors (Lipinski definition) is 3. The molecule has 2 nitrogen and oxygen atoms in total. The highest BCUT2D eigenvalue weighted by Crippen LogP contribution is 2.54. The van der Waals surface area contributed by atoms with E-state index in [9.17, 15) is 5.11 Å². The van der Waals surface area contributed by atoms with Crippen LogP contribution in [0, 0.1) is 10.8 Å². The monoisotopic (exact) mass is 257 g/mol. The summed E-state index contributed by atoms with van der Waals surface area (Å²) in [5, 5.41) is 11.2. The second-order valence-corrected chi connectivity index (χ2v) is 8.95. The van der Waals surface area contributed by atoms with E-state index in [1.807, 2.05) is 11.8 Å². The minimum atomic E-state index is -0.679. The Bertz CT molecular complexity index is 289. The summed E-state index contributed by atoms with van der Waals surface area (Å²) in [4.78, 5) is 0. The van der Waals surface area contributed by atoms with Crippen molar-refractivity contribution in [2.24, 2.45) is 16.6 Å². The van der Waals surface area contributed by atoms with Crippen LogP contribution in [0.1, 0.15) is 53.4 Å². The van der Waals surface area contributed by atoms with Gasteiger partial charge in [-0.1, -0.05) is 27.7 Å². The number of hydrogen-bond donors (Lipinski definition) is 2. The van der Waals surface area contributed by atoms with Gasteiger partial charge in [0.25, 0.3) is 0 Å². The first kappa shape index (κ1) is 13.7. The Morgan fingerprint density at radius 1 is 1.00 bits per heavy atom. The lowest BCUT2D eigenvalue weighted by atomic mass is 9.55. The number of thioether (sulfide) groups is 1. The molecule has 0 bridgehead atoms. The van der Waals surface area contributed by atoms with Gasteiger partial charge in [0.1, 0.15) is 0 Å². The van der Waals surface area contributed by atoms with Gasteiger partial charge in [-0.15, -0.1) is 0 Å². The summed E-state index contributed by atoms with van der Waals surface area (Å²) >= 11 is 1.89. The van der Waals surface area contributed by atoms with Crippen molar-refractivity contribution in [3.63, 3.8) is 0 Å². The molecule has 0 aromatic carbocycles. The number of aliphatic hydroxyl groups is 1. The topological polar surface area (TPSA) is 46.2 Å². The summed E-state index contributed by atoms with van der Waals surface area (Å²) in [6.45, 7) is 9.07. The zero-order valence-electron chi connectivity index (χ0n) is 11.7. The second kappa shape index (κ2) is 3.88. The Morgan fingerprint density at radius 2 is 1.53 bits per heavy atom. The summed E-state index contributed by atoms with van der Waals surface area (Å²) in [6, 6.07) is 0. The maximum absolute atomic E-state index is 11.2. The Labute approximate surface area is 110 Å². The Morgan fingerprint density at radius 3 is 1.94 bits per heavy atom. The molecule has 1 saturated carbocycles. The van der Waals surface area contributed by atoms with Gasteiger partial charge < -0.3 is 10.8 Å². The second-order valence-electron chi connectivity index (χ2n) is 7.85. The average Bonchev–Trinajstić information content (AvgIpc) is 2.46. The lowest BCUT2D eigenvalue weighted by molar-refractivity contribution is -0.125. The maximum atomic E-state index is 11.2. The van der Waals surface area contributed by atoms with Crippen molar-refractivity contribution in [2.75, 3.05) is 11.5 Å². The molecule has 1 aliphatic carbocycles. The highest BCUT2D eigenvalue weighted by Gasteiger charge is 2.56. The largest absolute Gasteiger partial charge is 0.388 e. The van der Waals surface area contributed by atoms with Gasteiger partial charge in [0.15, 0.2) is 0 Å². The smallest absolute Gasteiger partial charge is 0.0844 e. The predicted octanol–water partition coefficient (Wildman–Crippen LogP) is 2.79. The minimum Gasteiger partial charge on any atom is -0.388 e. The van der Waals surface area contributed by atoms with Crippen LogP contribution in [0.2, 0.25) is 0 Å². The third-order valence-electron chi connectivity index (χ3n) is 4.48. The summed E-state index contributed by atoms with van der Waals surface area (Å²) in [5.74, 6) is 2.01. The molecule has 0 aromatic rings. The van der Waals surface area contributed by atoms with Crippen LogP contribution in [0.25, 0.3) is 0 Å². The summed E-state index contributed by atoms with van der Waals surface area (Å²) in [5.41, 5.74) is 5.87. The van der Waals surface area contributed by atoms with Gasteiger partial charge >= 0.3 is 0 Å². The van der Waals surface area contributed by atoms with Crippen LogP contribution in [-0.4, -0.2) is 27.8 Å². The van der Waals surface area contributed by atoms with Gasteiger partial charge in [0.2, 0.25) is 0 Å². The molecule has 1 heterocycles. The van der Waals surface area contributed by atoms with Crippen molar-refractivity contribution in [1.29, 1.82) is 0 Å². The summed E-state index contributed by atoms with van der Waals surface area (Å²) in [6.07, 6.45) is 3.83. The van der Waals surface area contributed by atoms with Crippen molar-refractivity contribution in [3.8, 4) is 0 Å². The van der Waals surface area contributed by atoms with Gasteiger partial charge in [-0.25, -0.2) is 0 Å². The quantitative estimate of drug-likeness (QED) is 0.759. The molecule has 3 N–H and O–H groups in total. The maximum Gasteiger partial charge on any atom is 0.0844 e. The number of rotatable bonds is 1. The lowest BCUT2D eigenvalue weighted by Gasteiger charge is -2.55. The fourth-order valence-corrected chi connectivity index (χ4v) is 5.80. The van der Waals surface area contributed by atoms with Crippen LogP contribution < -0.4 is 5.73 Å². The molecule has 2 fully saturated rings. The molecule has 1 atom stereocenters. The van der Waals surface area contributed by atoms with E-state index >= 15 is 0 Å². The first-order chi connectivity index (χ1) is 7.58. The van der Waals surface area contributed by atoms with Crippen LogP contribution in [0.5, 0.6) is 0 Å². The standard InChI is InChI=1S/C14H27NOS/c1-11(2)7-12(3,4)9-14(16,8-11)13(15)5-6-17-10-13/h16H,5-10,15H2,1-4H3. The van der Waals surface area contributed by atoms with Gasteiger partial charge in [-0.05, 0) is 42.3 Å². The minimum absolute atomic E-state index is 0.191. The molecule has 1 unspecified atom stereocenters. The van der Waals surface area contributed by atoms with E-state index < -0.39 is 5.60 Å². The summed E-state index contributed by atoms with van der Waals surface area (Å²) < 4.78 is 0. The van der Waals surface area contributed by atoms with Crippen molar-refractivity contribution >= 4 is 11.8 Å². The molecule has 1 aliphatic heterocycles. The highest BCUT2D eigenvalue weighted by atomic mass is 32.2. The van der Waals surface area contributed by atoms with Gasteiger partial charge in [-0.3, -0.25) is 0 Å². The Balaban J connectivity index is 2.30. The fraction of sp³-hybridized carbons (Fsp3) is 1.00. The van der Waals surface area contributed by atoms with Gasteiger partial charge in [0.05, 0.1) is 11.1 Å². The predicted molar refractivity (Wildman–Crippen MR) is 75.2 cm³/mol. The van der Waals surface area contributed by atoms with Crippen LogP contribution in [0.4, 0.5) is 0 Å². The molecule has 0 spiro atoms. The lowest BCUT2D eigenvalue weighted by Crippen LogP contribution is -2.65. The van der Waals surface area contributed by atoms with Crippen LogP contribution in [-0.2, 0) is 0 Å². The molecule has 100 valence electrons. The molecule has 17 heavy (non-hydrogen) atoms. The van der Waals surface area contributed by atoms with Crippen molar-refractivity contribution < 1.29 is 5.11 Å². The van der Waals surface area contributed by atoms with Crippen molar-refractivity contribution in [1.82, 2.24) is 0 Å². The molecule has 0 radical (unpaired) electrons. The van der Waals surface area contributed by atoms with E-state index in [0.717, 1.165) is 30.8 Å². The third-order valence-corrected chi connectivity index (χ3v) is 5.69. The molecule has 1 saturated heterocycles. The fourth-order valence-electron chi connectivity index (χ4n) is 4.37. The molecule has 2 aliphatic rings. The van der Waals surface area contributed by atoms with E-state index in [4.69, 9.17) is 5.73 Å². The van der Waals surface area contributed by atoms with E-state index in [2.05, 4.69) is 27.7 Å². The Kier molecular flexibility index (Phi) is 3.13. The zero-order valence-corrected chi connectivity index (χ0v) is 12.5. The molecule has 2 rings (SSSR count). The third kappa shape index (κ3) is 2.52. The highest BCUT2D eigenvalue weighted by molar-refractivity contribution is 7.99.